The van der Waals surface area contributed by atoms with Gasteiger partial charge in [-0.15, -0.1) is 0 Å². The van der Waals surface area contributed by atoms with Gasteiger partial charge in [-0.25, -0.2) is 9.78 Å². The minimum atomic E-state index is -0.530. The number of nitrogens with zero attached hydrogens (tertiary/aromatic N) is 3. The number of hydrogen-bond acceptors (Lipinski definition) is 4. The monoisotopic (exact) mass is 498 g/mol. The molecule has 3 aromatic carbocycles. The predicted octanol–water partition coefficient (Wildman–Crippen LogP) is 5.86. The van der Waals surface area contributed by atoms with Gasteiger partial charge in [0.15, 0.2) is 0 Å². The first-order valence-electron chi connectivity index (χ1n) is 12.4. The number of aromatic nitrogens is 2. The molecule has 0 bridgehead atoms. The molecule has 4 rings (SSSR count). The van der Waals surface area contributed by atoms with Crippen LogP contribution in [0.15, 0.2) is 65.5 Å². The van der Waals surface area contributed by atoms with E-state index >= 15 is 0 Å². The van der Waals surface area contributed by atoms with Crippen LogP contribution in [0.4, 0.5) is 10.5 Å². The van der Waals surface area contributed by atoms with E-state index in [0.717, 1.165) is 33.6 Å². The van der Waals surface area contributed by atoms with Crippen molar-refractivity contribution < 1.29 is 9.53 Å². The Labute approximate surface area is 217 Å². The van der Waals surface area contributed by atoms with Gasteiger partial charge >= 0.3 is 6.03 Å². The molecule has 0 aliphatic rings. The Balaban J connectivity index is 1.87. The number of hydrogen-bond donors (Lipinski definition) is 1. The maximum atomic E-state index is 13.9. The third kappa shape index (κ3) is 5.27. The first kappa shape index (κ1) is 26.1. The van der Waals surface area contributed by atoms with Gasteiger partial charge in [-0.05, 0) is 69.5 Å². The smallest absolute Gasteiger partial charge is 0.322 e. The number of amides is 2. The van der Waals surface area contributed by atoms with E-state index in [1.54, 1.807) is 22.6 Å². The topological polar surface area (TPSA) is 76.5 Å². The fourth-order valence-electron chi connectivity index (χ4n) is 4.71. The van der Waals surface area contributed by atoms with Crippen molar-refractivity contribution in [2.24, 2.45) is 0 Å². The average Bonchev–Trinajstić information content (AvgIpc) is 2.87. The fraction of sp³-hybridized carbons (Fsp3) is 0.300. The third-order valence-electron chi connectivity index (χ3n) is 6.75. The first-order chi connectivity index (χ1) is 17.7. The lowest BCUT2D eigenvalue weighted by Gasteiger charge is -2.31. The van der Waals surface area contributed by atoms with E-state index in [1.807, 2.05) is 89.2 Å². The second-order valence-corrected chi connectivity index (χ2v) is 9.48. The van der Waals surface area contributed by atoms with Crippen LogP contribution in [0.3, 0.4) is 0 Å². The molecule has 192 valence electrons. The molecule has 0 fully saturated rings. The molecular formula is C30H34N4O3. The largest absolute Gasteiger partial charge is 0.383 e. The second-order valence-electron chi connectivity index (χ2n) is 9.48. The van der Waals surface area contributed by atoms with Gasteiger partial charge in [-0.1, -0.05) is 48.0 Å². The molecule has 4 aromatic rings. The molecule has 1 heterocycles. The van der Waals surface area contributed by atoms with Crippen LogP contribution in [0.25, 0.3) is 16.6 Å². The molecule has 1 N–H and O–H groups in total. The summed E-state index contributed by atoms with van der Waals surface area (Å²) in [4.78, 5) is 34.1. The number of nitrogens with one attached hydrogen (secondary N) is 1. The zero-order valence-electron chi connectivity index (χ0n) is 22.3. The molecule has 37 heavy (non-hydrogen) atoms. The van der Waals surface area contributed by atoms with Crippen LogP contribution in [-0.4, -0.2) is 40.7 Å². The molecule has 7 nitrogen and oxygen atoms in total. The summed E-state index contributed by atoms with van der Waals surface area (Å²) in [7, 11) is 1.60. The summed E-state index contributed by atoms with van der Waals surface area (Å²) in [6, 6.07) is 18.4. The number of carbonyl (C=O) groups is 1. The summed E-state index contributed by atoms with van der Waals surface area (Å²) in [6.45, 7) is 10.5. The first-order valence-corrected chi connectivity index (χ1v) is 12.4. The maximum absolute atomic E-state index is 13.9. The van der Waals surface area contributed by atoms with Crippen molar-refractivity contribution >= 4 is 22.6 Å². The van der Waals surface area contributed by atoms with Crippen LogP contribution < -0.4 is 10.9 Å². The van der Waals surface area contributed by atoms with E-state index in [1.165, 1.54) is 0 Å². The number of rotatable bonds is 7. The predicted molar refractivity (Wildman–Crippen MR) is 149 cm³/mol. The van der Waals surface area contributed by atoms with Crippen molar-refractivity contribution in [2.75, 3.05) is 25.6 Å². The van der Waals surface area contributed by atoms with Crippen molar-refractivity contribution in [1.82, 2.24) is 14.5 Å². The summed E-state index contributed by atoms with van der Waals surface area (Å²) in [5.41, 5.74) is 5.97. The molecule has 2 amide bonds. The summed E-state index contributed by atoms with van der Waals surface area (Å²) < 4.78 is 6.98. The molecule has 0 saturated heterocycles. The molecule has 7 heteroatoms. The molecule has 1 aromatic heterocycles. The number of para-hydroxylation sites is 2. The zero-order chi connectivity index (χ0) is 26.7. The van der Waals surface area contributed by atoms with Crippen LogP contribution in [0.2, 0.25) is 0 Å². The van der Waals surface area contributed by atoms with Crippen LogP contribution in [0.5, 0.6) is 0 Å². The number of fused-ring (bicyclic) bond motifs is 1. The maximum Gasteiger partial charge on any atom is 0.322 e. The average molecular weight is 499 g/mol. The molecular weight excluding hydrogens is 464 g/mol. The fourth-order valence-corrected chi connectivity index (χ4v) is 4.71. The minimum absolute atomic E-state index is 0.166. The van der Waals surface area contributed by atoms with Gasteiger partial charge in [0.25, 0.3) is 5.56 Å². The normalized spacial score (nSPS) is 11.9. The van der Waals surface area contributed by atoms with Crippen LogP contribution >= 0.6 is 0 Å². The summed E-state index contributed by atoms with van der Waals surface area (Å²) in [6.07, 6.45) is 0. The van der Waals surface area contributed by atoms with E-state index < -0.39 is 6.04 Å². The van der Waals surface area contributed by atoms with Crippen LogP contribution in [0.1, 0.15) is 41.0 Å². The highest BCUT2D eigenvalue weighted by molar-refractivity contribution is 5.91. The van der Waals surface area contributed by atoms with E-state index in [2.05, 4.69) is 5.32 Å². The van der Waals surface area contributed by atoms with Crippen molar-refractivity contribution in [1.29, 1.82) is 0 Å². The second kappa shape index (κ2) is 11.0. The van der Waals surface area contributed by atoms with E-state index in [4.69, 9.17) is 9.72 Å². The highest BCUT2D eigenvalue weighted by Crippen LogP contribution is 2.26. The van der Waals surface area contributed by atoms with Crippen molar-refractivity contribution in [2.45, 2.75) is 40.7 Å². The lowest BCUT2D eigenvalue weighted by Crippen LogP contribution is -2.41. The van der Waals surface area contributed by atoms with Crippen LogP contribution in [0, 0.1) is 27.7 Å². The van der Waals surface area contributed by atoms with Crippen molar-refractivity contribution in [3.63, 3.8) is 0 Å². The molecule has 0 aliphatic carbocycles. The highest BCUT2D eigenvalue weighted by Gasteiger charge is 2.28. The number of methoxy groups -OCH3 is 1. The van der Waals surface area contributed by atoms with Gasteiger partial charge in [-0.2, -0.15) is 0 Å². The van der Waals surface area contributed by atoms with Crippen LogP contribution in [-0.2, 0) is 4.74 Å². The Bertz CT molecular complexity index is 1490. The number of anilines is 1. The molecule has 0 radical (unpaired) electrons. The molecule has 0 aliphatic heterocycles. The third-order valence-corrected chi connectivity index (χ3v) is 6.75. The van der Waals surface area contributed by atoms with Gasteiger partial charge < -0.3 is 15.0 Å². The van der Waals surface area contributed by atoms with Crippen molar-refractivity contribution in [3.8, 4) is 5.69 Å². The lowest BCUT2D eigenvalue weighted by atomic mass is 10.1. The van der Waals surface area contributed by atoms with E-state index in [0.29, 0.717) is 29.9 Å². The number of aryl methyl sites for hydroxylation is 4. The molecule has 1 atom stereocenters. The molecule has 0 saturated carbocycles. The summed E-state index contributed by atoms with van der Waals surface area (Å²) in [5, 5.41) is 3.61. The zero-order valence-corrected chi connectivity index (χ0v) is 22.3. The Morgan fingerprint density at radius 1 is 1.00 bits per heavy atom. The van der Waals surface area contributed by atoms with Gasteiger partial charge in [0.2, 0.25) is 0 Å². The van der Waals surface area contributed by atoms with Gasteiger partial charge in [0.1, 0.15) is 5.82 Å². The number of benzene rings is 3. The van der Waals surface area contributed by atoms with E-state index in [-0.39, 0.29) is 11.6 Å². The van der Waals surface area contributed by atoms with Gasteiger partial charge in [-0.3, -0.25) is 9.36 Å². The van der Waals surface area contributed by atoms with Crippen molar-refractivity contribution in [3.05, 3.63) is 99.1 Å². The SMILES string of the molecule is COCCN(C(=O)Nc1c(C)cccc1C)C(C)c1nc2ccccc2c(=O)n1-c1ccc(C)cc1C. The minimum Gasteiger partial charge on any atom is -0.383 e. The Morgan fingerprint density at radius 2 is 1.70 bits per heavy atom. The highest BCUT2D eigenvalue weighted by atomic mass is 16.5. The van der Waals surface area contributed by atoms with E-state index in [9.17, 15) is 9.59 Å². The number of ether oxygens (including phenoxy) is 1. The summed E-state index contributed by atoms with van der Waals surface area (Å²) in [5.74, 6) is 0.489. The Kier molecular flexibility index (Phi) is 7.74. The number of urea groups is 1. The molecule has 0 spiro atoms. The van der Waals surface area contributed by atoms with Gasteiger partial charge in [0.05, 0.1) is 29.2 Å². The summed E-state index contributed by atoms with van der Waals surface area (Å²) >= 11 is 0. The standard InChI is InChI=1S/C30H34N4O3/c1-19-14-15-26(22(4)18-19)34-28(31-25-13-8-7-12-24(25)29(34)35)23(5)33(16-17-37-6)30(36)32-27-20(2)10-9-11-21(27)3/h7-15,18,23H,16-17H2,1-6H3,(H,32,36). The number of carbonyl (C=O) groups excluding carboxylic acids is 1. The molecule has 1 unspecified atom stereocenters. The Hall–Kier alpha value is -3.97. The van der Waals surface area contributed by atoms with Gasteiger partial charge in [0, 0.05) is 19.3 Å². The lowest BCUT2D eigenvalue weighted by molar-refractivity contribution is 0.137. The Morgan fingerprint density at radius 3 is 2.38 bits per heavy atom. The quantitative estimate of drug-likeness (QED) is 0.346.